The van der Waals surface area contributed by atoms with Gasteiger partial charge in [0.15, 0.2) is 5.69 Å². The van der Waals surface area contributed by atoms with Crippen molar-refractivity contribution >= 4 is 11.6 Å². The van der Waals surface area contributed by atoms with Gasteiger partial charge in [-0.15, -0.1) is 0 Å². The molecule has 0 N–H and O–H groups in total. The van der Waals surface area contributed by atoms with E-state index in [2.05, 4.69) is 10.1 Å². The molecule has 0 saturated carbocycles. The highest BCUT2D eigenvalue weighted by atomic mass is 35.5. The summed E-state index contributed by atoms with van der Waals surface area (Å²) in [7, 11) is 0. The number of hydrogen-bond donors (Lipinski definition) is 0. The van der Waals surface area contributed by atoms with Crippen LogP contribution in [0.3, 0.4) is 0 Å². The minimum atomic E-state index is -4.48. The fraction of sp³-hybridized carbons (Fsp3) is 0.400. The number of aryl methyl sites for hydroxylation is 1. The van der Waals surface area contributed by atoms with Crippen LogP contribution in [-0.4, -0.2) is 35.7 Å². The van der Waals surface area contributed by atoms with Crippen LogP contribution in [0.25, 0.3) is 22.8 Å². The number of ether oxygens (including phenoxy) is 1. The summed E-state index contributed by atoms with van der Waals surface area (Å²) < 4.78 is 50.8. The molecular weight excluding hydrogens is 493 g/mol. The monoisotopic (exact) mass is 518 g/mol. The van der Waals surface area contributed by atoms with E-state index in [4.69, 9.17) is 21.4 Å². The molecule has 1 aliphatic rings. The summed E-state index contributed by atoms with van der Waals surface area (Å²) in [5, 5.41) is 9.70. The molecule has 0 fully saturated rings. The molecule has 0 amide bonds. The zero-order chi connectivity index (χ0) is 25.6. The van der Waals surface area contributed by atoms with E-state index in [1.165, 1.54) is 4.57 Å². The van der Waals surface area contributed by atoms with Crippen molar-refractivity contribution in [3.8, 4) is 22.8 Å². The van der Waals surface area contributed by atoms with Crippen LogP contribution in [0.2, 0.25) is 5.02 Å². The Kier molecular flexibility index (Phi) is 6.42. The van der Waals surface area contributed by atoms with Crippen molar-refractivity contribution in [2.75, 3.05) is 6.61 Å². The molecule has 3 aromatic heterocycles. The Balaban J connectivity index is 1.39. The van der Waals surface area contributed by atoms with Crippen molar-refractivity contribution in [2.45, 2.75) is 58.6 Å². The second-order valence-corrected chi connectivity index (χ2v) is 9.46. The quantitative estimate of drug-likeness (QED) is 0.305. The van der Waals surface area contributed by atoms with E-state index in [1.807, 2.05) is 41.4 Å². The lowest BCUT2D eigenvalue weighted by atomic mass is 10.0. The predicted molar refractivity (Wildman–Crippen MR) is 130 cm³/mol. The number of fused-ring (bicyclic) bond motifs is 1. The van der Waals surface area contributed by atoms with Crippen molar-refractivity contribution in [3.05, 3.63) is 64.7 Å². The number of nitrogens with zero attached hydrogens (tertiary/aromatic N) is 6. The molecule has 11 heteroatoms. The van der Waals surface area contributed by atoms with E-state index < -0.39 is 11.9 Å². The maximum atomic E-state index is 13.1. The van der Waals surface area contributed by atoms with Gasteiger partial charge in [0.05, 0.1) is 30.1 Å². The highest BCUT2D eigenvalue weighted by Crippen LogP contribution is 2.35. The summed E-state index contributed by atoms with van der Waals surface area (Å²) in [6, 6.07) is 9.54. The third-order valence-electron chi connectivity index (χ3n) is 6.29. The van der Waals surface area contributed by atoms with Crippen LogP contribution in [0.4, 0.5) is 13.2 Å². The van der Waals surface area contributed by atoms with Gasteiger partial charge in [0.25, 0.3) is 0 Å². The minimum absolute atomic E-state index is 0.132. The Bertz CT molecular complexity index is 1370. The van der Waals surface area contributed by atoms with Crippen molar-refractivity contribution in [1.29, 1.82) is 0 Å². The first-order chi connectivity index (χ1) is 17.2. The number of benzene rings is 1. The van der Waals surface area contributed by atoms with Crippen molar-refractivity contribution < 1.29 is 17.9 Å². The molecule has 4 aromatic rings. The number of hydrogen-bond acceptors (Lipinski definition) is 4. The normalized spacial score (nSPS) is 16.1. The van der Waals surface area contributed by atoms with Crippen molar-refractivity contribution in [3.63, 3.8) is 0 Å². The number of alkyl halides is 3. The zero-order valence-corrected chi connectivity index (χ0v) is 20.9. The standard InChI is InChI=1S/C25H26ClF3N6O/c1-4-33-14-22(25(27,28)29)31-24(33)17-7-5-16(6-8-17)11-21-20-12-19(32-34(20)9-10-36-21)23-18(26)13-30-35(23)15(2)3/h5-8,12-15,21H,4,9-11H2,1-3H3. The first kappa shape index (κ1) is 24.6. The molecule has 7 nitrogen and oxygen atoms in total. The molecular formula is C25H26ClF3N6O. The minimum Gasteiger partial charge on any atom is -0.370 e. The van der Waals surface area contributed by atoms with E-state index in [9.17, 15) is 13.2 Å². The number of aromatic nitrogens is 6. The summed E-state index contributed by atoms with van der Waals surface area (Å²) in [6.07, 6.45) is -1.42. The van der Waals surface area contributed by atoms with Crippen LogP contribution in [-0.2, 0) is 30.4 Å². The van der Waals surface area contributed by atoms with E-state index >= 15 is 0 Å². The fourth-order valence-corrected chi connectivity index (χ4v) is 4.74. The molecule has 0 aliphatic carbocycles. The Hall–Kier alpha value is -3.11. The molecule has 190 valence electrons. The third kappa shape index (κ3) is 4.55. The van der Waals surface area contributed by atoms with Gasteiger partial charge in [-0.1, -0.05) is 35.9 Å². The average molecular weight is 519 g/mol. The summed E-state index contributed by atoms with van der Waals surface area (Å²) in [5.41, 5.74) is 3.21. The number of rotatable bonds is 6. The molecule has 36 heavy (non-hydrogen) atoms. The van der Waals surface area contributed by atoms with Gasteiger partial charge in [0.2, 0.25) is 0 Å². The summed E-state index contributed by atoms with van der Waals surface area (Å²) in [4.78, 5) is 3.84. The fourth-order valence-electron chi connectivity index (χ4n) is 4.52. The van der Waals surface area contributed by atoms with Gasteiger partial charge >= 0.3 is 6.18 Å². The van der Waals surface area contributed by atoms with Gasteiger partial charge in [-0.2, -0.15) is 23.4 Å². The van der Waals surface area contributed by atoms with E-state index in [1.54, 1.807) is 25.3 Å². The van der Waals surface area contributed by atoms with E-state index in [0.717, 1.165) is 28.8 Å². The summed E-state index contributed by atoms with van der Waals surface area (Å²) in [6.45, 7) is 7.42. The summed E-state index contributed by atoms with van der Waals surface area (Å²) >= 11 is 6.43. The van der Waals surface area contributed by atoms with Crippen LogP contribution >= 0.6 is 11.6 Å². The van der Waals surface area contributed by atoms with Crippen molar-refractivity contribution in [2.24, 2.45) is 0 Å². The smallest absolute Gasteiger partial charge is 0.370 e. The maximum absolute atomic E-state index is 13.1. The molecule has 1 atom stereocenters. The topological polar surface area (TPSA) is 62.7 Å². The largest absolute Gasteiger partial charge is 0.434 e. The zero-order valence-electron chi connectivity index (χ0n) is 20.1. The molecule has 4 heterocycles. The van der Waals surface area contributed by atoms with Gasteiger partial charge in [-0.05, 0) is 32.4 Å². The lowest BCUT2D eigenvalue weighted by molar-refractivity contribution is -0.140. The highest BCUT2D eigenvalue weighted by Gasteiger charge is 2.35. The van der Waals surface area contributed by atoms with Crippen LogP contribution in [0.15, 0.2) is 42.7 Å². The second-order valence-electron chi connectivity index (χ2n) is 9.05. The SMILES string of the molecule is CCn1cc(C(F)(F)F)nc1-c1ccc(CC2OCCn3nc(-c4c(Cl)cnn4C(C)C)cc32)cc1. The van der Waals surface area contributed by atoms with Gasteiger partial charge in [-0.25, -0.2) is 4.98 Å². The summed E-state index contributed by atoms with van der Waals surface area (Å²) in [5.74, 6) is 0.298. The van der Waals surface area contributed by atoms with E-state index in [0.29, 0.717) is 42.5 Å². The Labute approximate surface area is 211 Å². The lowest BCUT2D eigenvalue weighted by Crippen LogP contribution is -2.23. The van der Waals surface area contributed by atoms with Crippen LogP contribution in [0, 0.1) is 0 Å². The van der Waals surface area contributed by atoms with Gasteiger partial charge in [0.1, 0.15) is 23.3 Å². The first-order valence-corrected chi connectivity index (χ1v) is 12.2. The van der Waals surface area contributed by atoms with E-state index in [-0.39, 0.29) is 12.1 Å². The average Bonchev–Trinajstić information content (AvgIpc) is 3.55. The molecule has 1 unspecified atom stereocenters. The molecule has 1 aromatic carbocycles. The van der Waals surface area contributed by atoms with Gasteiger partial charge in [-0.3, -0.25) is 9.36 Å². The predicted octanol–water partition coefficient (Wildman–Crippen LogP) is 6.20. The second kappa shape index (κ2) is 9.40. The highest BCUT2D eigenvalue weighted by molar-refractivity contribution is 6.32. The first-order valence-electron chi connectivity index (χ1n) is 11.8. The number of halogens is 4. The van der Waals surface area contributed by atoms with Crippen LogP contribution in [0.5, 0.6) is 0 Å². The van der Waals surface area contributed by atoms with Gasteiger partial charge in [0, 0.05) is 30.8 Å². The molecule has 0 saturated heterocycles. The molecule has 1 aliphatic heterocycles. The molecule has 0 radical (unpaired) electrons. The maximum Gasteiger partial charge on any atom is 0.434 e. The Morgan fingerprint density at radius 3 is 2.61 bits per heavy atom. The Morgan fingerprint density at radius 2 is 1.94 bits per heavy atom. The van der Waals surface area contributed by atoms with Crippen molar-refractivity contribution in [1.82, 2.24) is 29.1 Å². The van der Waals surface area contributed by atoms with Crippen LogP contribution in [0.1, 0.15) is 49.9 Å². The molecule has 0 bridgehead atoms. The lowest BCUT2D eigenvalue weighted by Gasteiger charge is -2.24. The third-order valence-corrected chi connectivity index (χ3v) is 6.56. The molecule has 0 spiro atoms. The molecule has 5 rings (SSSR count). The number of imidazole rings is 1. The van der Waals surface area contributed by atoms with Gasteiger partial charge < -0.3 is 9.30 Å². The van der Waals surface area contributed by atoms with Crippen LogP contribution < -0.4 is 0 Å². The Morgan fingerprint density at radius 1 is 1.19 bits per heavy atom.